The molecule has 3 nitrogen and oxygen atoms in total. The summed E-state index contributed by atoms with van der Waals surface area (Å²) in [5, 5.41) is 0. The molecule has 0 N–H and O–H groups in total. The predicted molar refractivity (Wildman–Crippen MR) is 90.2 cm³/mol. The molecule has 0 bridgehead atoms. The summed E-state index contributed by atoms with van der Waals surface area (Å²) in [6.07, 6.45) is 3.36. The smallest absolute Gasteiger partial charge is 0.265 e. The maximum atomic E-state index is 13.7. The van der Waals surface area contributed by atoms with Gasteiger partial charge in [-0.15, -0.1) is 11.3 Å². The molecule has 1 aliphatic rings. The molecule has 1 amide bonds. The van der Waals surface area contributed by atoms with Crippen LogP contribution in [-0.2, 0) is 6.42 Å². The number of likely N-dealkylation sites (tertiary alicyclic amines) is 1. The fourth-order valence-corrected chi connectivity index (χ4v) is 3.99. The monoisotopic (exact) mass is 350 g/mol. The number of rotatable bonds is 4. The third-order valence-electron chi connectivity index (χ3n) is 4.58. The Labute approximate surface area is 144 Å². The number of nitrogens with zero attached hydrogens (tertiary/aromatic N) is 2. The van der Waals surface area contributed by atoms with E-state index in [4.69, 9.17) is 0 Å². The number of benzene rings is 1. The normalized spacial score (nSPS) is 18.0. The van der Waals surface area contributed by atoms with Crippen LogP contribution in [-0.4, -0.2) is 28.9 Å². The maximum Gasteiger partial charge on any atom is 0.265 e. The Kier molecular flexibility index (Phi) is 5.23. The zero-order valence-electron chi connectivity index (χ0n) is 13.6. The molecule has 1 saturated heterocycles. The van der Waals surface area contributed by atoms with Crippen molar-refractivity contribution in [1.82, 2.24) is 9.88 Å². The first-order valence-electron chi connectivity index (χ1n) is 8.18. The van der Waals surface area contributed by atoms with Crippen LogP contribution in [0.3, 0.4) is 0 Å². The van der Waals surface area contributed by atoms with E-state index in [1.54, 1.807) is 5.51 Å². The molecule has 1 aliphatic heterocycles. The molecule has 1 atom stereocenters. The van der Waals surface area contributed by atoms with Crippen molar-refractivity contribution < 1.29 is 13.6 Å². The largest absolute Gasteiger partial charge is 0.338 e. The van der Waals surface area contributed by atoms with E-state index in [0.717, 1.165) is 37.6 Å². The molecular weight excluding hydrogens is 330 g/mol. The van der Waals surface area contributed by atoms with Gasteiger partial charge in [-0.3, -0.25) is 4.79 Å². The first-order valence-corrected chi connectivity index (χ1v) is 9.06. The topological polar surface area (TPSA) is 33.2 Å². The van der Waals surface area contributed by atoms with Gasteiger partial charge < -0.3 is 4.90 Å². The molecule has 3 rings (SSSR count). The standard InChI is InChI=1S/C18H20F2N2OS/c1-12-17(24-11-21-12)18(23)22-8-2-3-13(10-22)4-5-14-6-7-15(19)9-16(14)20/h6-7,9,11,13H,2-5,8,10H2,1H3/t13-/m1/s1. The van der Waals surface area contributed by atoms with Gasteiger partial charge in [0.25, 0.3) is 5.91 Å². The second-order valence-electron chi connectivity index (χ2n) is 6.30. The number of hydrogen-bond acceptors (Lipinski definition) is 3. The highest BCUT2D eigenvalue weighted by molar-refractivity contribution is 7.11. The van der Waals surface area contributed by atoms with Crippen molar-refractivity contribution in [3.05, 3.63) is 51.5 Å². The Bertz CT molecular complexity index is 732. The summed E-state index contributed by atoms with van der Waals surface area (Å²) in [7, 11) is 0. The van der Waals surface area contributed by atoms with Gasteiger partial charge in [0.2, 0.25) is 0 Å². The van der Waals surface area contributed by atoms with Gasteiger partial charge in [0.15, 0.2) is 0 Å². The van der Waals surface area contributed by atoms with E-state index in [0.29, 0.717) is 29.3 Å². The molecule has 0 aliphatic carbocycles. The summed E-state index contributed by atoms with van der Waals surface area (Å²) < 4.78 is 26.7. The molecule has 1 aromatic carbocycles. The fourth-order valence-electron chi connectivity index (χ4n) is 3.22. The molecule has 24 heavy (non-hydrogen) atoms. The van der Waals surface area contributed by atoms with Gasteiger partial charge in [0.1, 0.15) is 16.5 Å². The van der Waals surface area contributed by atoms with Crippen molar-refractivity contribution in [2.45, 2.75) is 32.6 Å². The van der Waals surface area contributed by atoms with Gasteiger partial charge in [-0.2, -0.15) is 0 Å². The zero-order valence-corrected chi connectivity index (χ0v) is 14.4. The SMILES string of the molecule is Cc1ncsc1C(=O)N1CCC[C@H](CCc2ccc(F)cc2F)C1. The summed E-state index contributed by atoms with van der Waals surface area (Å²) in [6.45, 7) is 3.30. The number of hydrogen-bond donors (Lipinski definition) is 0. The number of carbonyl (C=O) groups excluding carboxylic acids is 1. The quantitative estimate of drug-likeness (QED) is 0.827. The van der Waals surface area contributed by atoms with Gasteiger partial charge in [-0.1, -0.05) is 6.07 Å². The lowest BCUT2D eigenvalue weighted by Gasteiger charge is -2.32. The summed E-state index contributed by atoms with van der Waals surface area (Å²) in [5.74, 6) is -0.641. The molecule has 128 valence electrons. The van der Waals surface area contributed by atoms with Gasteiger partial charge in [-0.25, -0.2) is 13.8 Å². The van der Waals surface area contributed by atoms with E-state index >= 15 is 0 Å². The van der Waals surface area contributed by atoms with Crippen molar-refractivity contribution >= 4 is 17.2 Å². The van der Waals surface area contributed by atoms with E-state index < -0.39 is 11.6 Å². The Morgan fingerprint density at radius 1 is 1.42 bits per heavy atom. The zero-order chi connectivity index (χ0) is 17.1. The van der Waals surface area contributed by atoms with E-state index in [1.807, 2.05) is 11.8 Å². The minimum atomic E-state index is -0.550. The lowest BCUT2D eigenvalue weighted by Crippen LogP contribution is -2.40. The van der Waals surface area contributed by atoms with Crippen LogP contribution in [0.25, 0.3) is 0 Å². The number of halogens is 2. The van der Waals surface area contributed by atoms with Gasteiger partial charge in [0.05, 0.1) is 11.2 Å². The highest BCUT2D eigenvalue weighted by atomic mass is 32.1. The lowest BCUT2D eigenvalue weighted by atomic mass is 9.91. The Morgan fingerprint density at radius 2 is 2.25 bits per heavy atom. The minimum Gasteiger partial charge on any atom is -0.338 e. The molecule has 1 aromatic heterocycles. The van der Waals surface area contributed by atoms with Crippen LogP contribution in [0.1, 0.15) is 40.2 Å². The van der Waals surface area contributed by atoms with Crippen molar-refractivity contribution in [2.75, 3.05) is 13.1 Å². The third kappa shape index (κ3) is 3.80. The van der Waals surface area contributed by atoms with Crippen LogP contribution in [0, 0.1) is 24.5 Å². The summed E-state index contributed by atoms with van der Waals surface area (Å²) in [4.78, 5) is 19.3. The Hall–Kier alpha value is -1.82. The third-order valence-corrected chi connectivity index (χ3v) is 5.50. The number of amides is 1. The van der Waals surface area contributed by atoms with Crippen LogP contribution < -0.4 is 0 Å². The first-order chi connectivity index (χ1) is 11.5. The van der Waals surface area contributed by atoms with Crippen LogP contribution >= 0.6 is 11.3 Å². The molecule has 2 heterocycles. The number of carbonyl (C=O) groups is 1. The van der Waals surface area contributed by atoms with Crippen LogP contribution in [0.2, 0.25) is 0 Å². The highest BCUT2D eigenvalue weighted by Gasteiger charge is 2.26. The molecule has 2 aromatic rings. The van der Waals surface area contributed by atoms with Gasteiger partial charge >= 0.3 is 0 Å². The van der Waals surface area contributed by atoms with Crippen LogP contribution in [0.15, 0.2) is 23.7 Å². The minimum absolute atomic E-state index is 0.0488. The highest BCUT2D eigenvalue weighted by Crippen LogP contribution is 2.25. The fraction of sp³-hybridized carbons (Fsp3) is 0.444. The Morgan fingerprint density at radius 3 is 2.96 bits per heavy atom. The summed E-state index contributed by atoms with van der Waals surface area (Å²) >= 11 is 1.38. The molecule has 0 radical (unpaired) electrons. The van der Waals surface area contributed by atoms with Gasteiger partial charge in [-0.05, 0) is 50.2 Å². The molecule has 0 unspecified atom stereocenters. The van der Waals surface area contributed by atoms with Crippen LogP contribution in [0.4, 0.5) is 8.78 Å². The lowest BCUT2D eigenvalue weighted by molar-refractivity contribution is 0.0672. The predicted octanol–water partition coefficient (Wildman–Crippen LogP) is 4.21. The number of aromatic nitrogens is 1. The second kappa shape index (κ2) is 7.38. The number of aryl methyl sites for hydroxylation is 2. The number of thiazole rings is 1. The van der Waals surface area contributed by atoms with Crippen LogP contribution in [0.5, 0.6) is 0 Å². The molecule has 0 spiro atoms. The van der Waals surface area contributed by atoms with E-state index in [2.05, 4.69) is 4.98 Å². The van der Waals surface area contributed by atoms with Crippen molar-refractivity contribution in [3.63, 3.8) is 0 Å². The average molecular weight is 350 g/mol. The first kappa shape index (κ1) is 17.0. The van der Waals surface area contributed by atoms with Crippen molar-refractivity contribution in [2.24, 2.45) is 5.92 Å². The Balaban J connectivity index is 1.59. The summed E-state index contributed by atoms with van der Waals surface area (Å²) in [6, 6.07) is 3.73. The van der Waals surface area contributed by atoms with E-state index in [9.17, 15) is 13.6 Å². The van der Waals surface area contributed by atoms with Crippen molar-refractivity contribution in [3.8, 4) is 0 Å². The molecule has 6 heteroatoms. The molecule has 1 fully saturated rings. The number of piperidine rings is 1. The van der Waals surface area contributed by atoms with Gasteiger partial charge in [0, 0.05) is 19.2 Å². The molecule has 0 saturated carbocycles. The van der Waals surface area contributed by atoms with Crippen molar-refractivity contribution in [1.29, 1.82) is 0 Å². The molecular formula is C18H20F2N2OS. The second-order valence-corrected chi connectivity index (χ2v) is 7.16. The summed E-state index contributed by atoms with van der Waals surface area (Å²) in [5.41, 5.74) is 3.01. The van der Waals surface area contributed by atoms with E-state index in [1.165, 1.54) is 23.5 Å². The average Bonchev–Trinajstić information content (AvgIpc) is 3.00. The maximum absolute atomic E-state index is 13.7. The van der Waals surface area contributed by atoms with E-state index in [-0.39, 0.29) is 5.91 Å².